The highest BCUT2D eigenvalue weighted by Crippen LogP contribution is 2.39. The van der Waals surface area contributed by atoms with Gasteiger partial charge in [-0.25, -0.2) is 9.59 Å². The highest BCUT2D eigenvalue weighted by molar-refractivity contribution is 8.15. The molecule has 2 amide bonds. The second-order valence-corrected chi connectivity index (χ2v) is 10.9. The van der Waals surface area contributed by atoms with Crippen molar-refractivity contribution < 1.29 is 28.6 Å². The second-order valence-electron chi connectivity index (χ2n) is 9.75. The number of carbonyl (C=O) groups excluding carboxylic acids is 3. The van der Waals surface area contributed by atoms with Crippen LogP contribution in [0, 0.1) is 5.92 Å². The van der Waals surface area contributed by atoms with Gasteiger partial charge in [0, 0.05) is 19.0 Å². The first-order valence-electron chi connectivity index (χ1n) is 11.6. The average molecular weight is 485 g/mol. The number of esters is 1. The van der Waals surface area contributed by atoms with Gasteiger partial charge in [-0.05, 0) is 59.3 Å². The van der Waals surface area contributed by atoms with Crippen LogP contribution in [0.1, 0.15) is 59.3 Å². The van der Waals surface area contributed by atoms with Gasteiger partial charge in [0.05, 0.1) is 24.3 Å². The lowest BCUT2D eigenvalue weighted by Crippen LogP contribution is -2.50. The first-order valence-corrected chi connectivity index (χ1v) is 12.4. The highest BCUT2D eigenvalue weighted by Gasteiger charge is 2.41. The molecule has 0 radical (unpaired) electrons. The summed E-state index contributed by atoms with van der Waals surface area (Å²) < 4.78 is 15.7. The number of amides is 2. The van der Waals surface area contributed by atoms with Crippen molar-refractivity contribution in [2.75, 3.05) is 26.8 Å². The Morgan fingerprint density at radius 1 is 1.09 bits per heavy atom. The molecular formula is C22H36N4O6S. The summed E-state index contributed by atoms with van der Waals surface area (Å²) in [5, 5.41) is 7.12. The Kier molecular flexibility index (Phi) is 8.49. The molecule has 10 nitrogen and oxygen atoms in total. The van der Waals surface area contributed by atoms with Gasteiger partial charge in [-0.3, -0.25) is 9.80 Å². The van der Waals surface area contributed by atoms with Crippen molar-refractivity contribution in [3.63, 3.8) is 0 Å². The average Bonchev–Trinajstić information content (AvgIpc) is 3.22. The zero-order chi connectivity index (χ0) is 24.2. The number of nitrogens with two attached hydrogens (primary N) is 1. The third kappa shape index (κ3) is 6.99. The molecule has 1 unspecified atom stereocenters. The summed E-state index contributed by atoms with van der Waals surface area (Å²) in [4.78, 5) is 37.5. The summed E-state index contributed by atoms with van der Waals surface area (Å²) in [6.07, 6.45) is 4.56. The van der Waals surface area contributed by atoms with E-state index in [2.05, 4.69) is 4.74 Å². The van der Waals surface area contributed by atoms with Gasteiger partial charge >= 0.3 is 12.1 Å². The molecule has 0 aromatic carbocycles. The van der Waals surface area contributed by atoms with Gasteiger partial charge in [-0.15, -0.1) is 0 Å². The van der Waals surface area contributed by atoms with Crippen LogP contribution in [0.5, 0.6) is 0 Å². The number of hydrazone groups is 1. The van der Waals surface area contributed by atoms with Crippen LogP contribution in [-0.4, -0.2) is 82.8 Å². The Balaban J connectivity index is 1.55. The van der Waals surface area contributed by atoms with E-state index in [1.54, 1.807) is 4.90 Å². The van der Waals surface area contributed by atoms with Crippen LogP contribution in [-0.2, 0) is 23.8 Å². The molecule has 2 aliphatic heterocycles. The van der Waals surface area contributed by atoms with Crippen molar-refractivity contribution in [1.29, 1.82) is 0 Å². The van der Waals surface area contributed by atoms with Crippen LogP contribution in [0.25, 0.3) is 0 Å². The van der Waals surface area contributed by atoms with Crippen LogP contribution in [0.15, 0.2) is 5.10 Å². The number of ether oxygens (including phenoxy) is 3. The van der Waals surface area contributed by atoms with Gasteiger partial charge in [0.15, 0.2) is 5.37 Å². The lowest BCUT2D eigenvalue weighted by atomic mass is 9.88. The minimum atomic E-state index is -0.529. The number of likely N-dealkylation sites (tertiary alicyclic amines) is 1. The number of thioether (sulfide) groups is 1. The molecule has 33 heavy (non-hydrogen) atoms. The SMILES string of the molecule is COC(=O)CO[C@H]1CC[C@H](C2=NN(C3CCN(C(=O)OC(C)(C)C)CC3)C(C(N)=O)S2)CC1. The maximum absolute atomic E-state index is 12.3. The fourth-order valence-electron chi connectivity index (χ4n) is 4.36. The summed E-state index contributed by atoms with van der Waals surface area (Å²) in [5.74, 6) is -0.518. The fourth-order valence-corrected chi connectivity index (χ4v) is 5.60. The van der Waals surface area contributed by atoms with Gasteiger partial charge in [0.2, 0.25) is 0 Å². The van der Waals surface area contributed by atoms with E-state index < -0.39 is 16.9 Å². The topological polar surface area (TPSA) is 124 Å². The molecule has 3 aliphatic rings. The number of piperidine rings is 1. The number of methoxy groups -OCH3 is 1. The number of primary amides is 1. The Bertz CT molecular complexity index is 754. The monoisotopic (exact) mass is 484 g/mol. The van der Waals surface area contributed by atoms with Gasteiger partial charge in [-0.2, -0.15) is 5.10 Å². The van der Waals surface area contributed by atoms with Gasteiger partial charge < -0.3 is 24.8 Å². The van der Waals surface area contributed by atoms with Crippen molar-refractivity contribution in [3.05, 3.63) is 0 Å². The molecule has 11 heteroatoms. The first-order chi connectivity index (χ1) is 15.6. The first kappa shape index (κ1) is 25.6. The molecule has 2 N–H and O–H groups in total. The van der Waals surface area contributed by atoms with E-state index in [1.165, 1.54) is 18.9 Å². The van der Waals surface area contributed by atoms with Crippen LogP contribution in [0.4, 0.5) is 4.79 Å². The summed E-state index contributed by atoms with van der Waals surface area (Å²) in [6, 6.07) is 0.0471. The number of nitrogens with zero attached hydrogens (tertiary/aromatic N) is 3. The molecule has 0 aromatic rings. The maximum atomic E-state index is 12.3. The summed E-state index contributed by atoms with van der Waals surface area (Å²) in [7, 11) is 1.35. The Morgan fingerprint density at radius 3 is 2.27 bits per heavy atom. The van der Waals surface area contributed by atoms with E-state index in [0.717, 1.165) is 30.7 Å². The standard InChI is InChI=1S/C22H36N4O6S/c1-22(2,3)32-21(29)25-11-9-15(10-12-25)26-20(18(23)28)33-19(24-26)14-5-7-16(8-6-14)31-13-17(27)30-4/h14-16,20H,5-13H2,1-4H3,(H2,23,28)/t14-,16-,20?. The predicted molar refractivity (Wildman–Crippen MR) is 124 cm³/mol. The van der Waals surface area contributed by atoms with E-state index in [4.69, 9.17) is 20.3 Å². The zero-order valence-electron chi connectivity index (χ0n) is 20.0. The highest BCUT2D eigenvalue weighted by atomic mass is 32.2. The largest absolute Gasteiger partial charge is 0.467 e. The Hall–Kier alpha value is -2.01. The van der Waals surface area contributed by atoms with E-state index in [-0.39, 0.29) is 36.7 Å². The van der Waals surface area contributed by atoms with Crippen LogP contribution in [0.2, 0.25) is 0 Å². The number of hydrogen-bond acceptors (Lipinski definition) is 9. The number of hydrogen-bond donors (Lipinski definition) is 1. The molecule has 1 atom stereocenters. The van der Waals surface area contributed by atoms with E-state index >= 15 is 0 Å². The molecule has 0 spiro atoms. The molecule has 2 fully saturated rings. The third-order valence-corrected chi connectivity index (χ3v) is 7.44. The molecule has 0 bridgehead atoms. The number of carbonyl (C=O) groups is 3. The van der Waals surface area contributed by atoms with Crippen molar-refractivity contribution in [3.8, 4) is 0 Å². The Labute approximate surface area is 199 Å². The zero-order valence-corrected chi connectivity index (χ0v) is 20.8. The molecule has 1 saturated carbocycles. The normalized spacial score (nSPS) is 26.7. The maximum Gasteiger partial charge on any atom is 0.410 e. The molecule has 0 aromatic heterocycles. The molecule has 2 heterocycles. The fraction of sp³-hybridized carbons (Fsp3) is 0.818. The van der Waals surface area contributed by atoms with E-state index in [1.807, 2.05) is 25.8 Å². The van der Waals surface area contributed by atoms with Crippen molar-refractivity contribution in [1.82, 2.24) is 9.91 Å². The van der Waals surface area contributed by atoms with E-state index in [9.17, 15) is 14.4 Å². The van der Waals surface area contributed by atoms with Crippen molar-refractivity contribution >= 4 is 34.8 Å². The second kappa shape index (κ2) is 10.9. The summed E-state index contributed by atoms with van der Waals surface area (Å²) in [5.41, 5.74) is 5.18. The van der Waals surface area contributed by atoms with Crippen molar-refractivity contribution in [2.24, 2.45) is 16.8 Å². The third-order valence-electron chi connectivity index (χ3n) is 6.11. The molecule has 186 valence electrons. The van der Waals surface area contributed by atoms with Gasteiger partial charge in [-0.1, -0.05) is 11.8 Å². The lowest BCUT2D eigenvalue weighted by Gasteiger charge is -2.37. The quantitative estimate of drug-likeness (QED) is 0.570. The van der Waals surface area contributed by atoms with Crippen LogP contribution < -0.4 is 5.73 Å². The smallest absolute Gasteiger partial charge is 0.410 e. The lowest BCUT2D eigenvalue weighted by molar-refractivity contribution is -0.148. The van der Waals surface area contributed by atoms with Gasteiger partial charge in [0.1, 0.15) is 12.2 Å². The van der Waals surface area contributed by atoms with Crippen molar-refractivity contribution in [2.45, 2.75) is 82.4 Å². The summed E-state index contributed by atoms with van der Waals surface area (Å²) in [6.45, 7) is 6.64. The minimum absolute atomic E-state index is 0.0267. The van der Waals surface area contributed by atoms with Crippen LogP contribution in [0.3, 0.4) is 0 Å². The molecular weight excluding hydrogens is 448 g/mol. The van der Waals surface area contributed by atoms with Gasteiger partial charge in [0.25, 0.3) is 5.91 Å². The molecule has 1 saturated heterocycles. The Morgan fingerprint density at radius 2 is 1.73 bits per heavy atom. The predicted octanol–water partition coefficient (Wildman–Crippen LogP) is 2.31. The number of rotatable bonds is 6. The minimum Gasteiger partial charge on any atom is -0.467 e. The van der Waals surface area contributed by atoms with Crippen LogP contribution >= 0.6 is 11.8 Å². The molecule has 3 rings (SSSR count). The van der Waals surface area contributed by atoms with E-state index in [0.29, 0.717) is 25.9 Å². The summed E-state index contributed by atoms with van der Waals surface area (Å²) >= 11 is 1.45. The molecule has 1 aliphatic carbocycles.